The fourth-order valence-electron chi connectivity index (χ4n) is 1.53. The van der Waals surface area contributed by atoms with Crippen molar-refractivity contribution in [3.63, 3.8) is 0 Å². The second-order valence-electron chi connectivity index (χ2n) is 3.78. The highest BCUT2D eigenvalue weighted by atomic mass is 16.5. The van der Waals surface area contributed by atoms with Crippen molar-refractivity contribution in [1.82, 2.24) is 5.16 Å². The third kappa shape index (κ3) is 3.35. The Labute approximate surface area is 105 Å². The van der Waals surface area contributed by atoms with Gasteiger partial charge in [0.05, 0.1) is 7.11 Å². The molecule has 0 aliphatic carbocycles. The van der Waals surface area contributed by atoms with Crippen LogP contribution in [-0.4, -0.2) is 18.2 Å². The minimum absolute atomic E-state index is 0.0836. The SMILES string of the molecule is COc1ccc(CCC(=O)Nc2ccon2)cc1. The molecule has 2 rings (SSSR count). The minimum Gasteiger partial charge on any atom is -0.497 e. The predicted molar refractivity (Wildman–Crippen MR) is 66.4 cm³/mol. The van der Waals surface area contributed by atoms with E-state index in [9.17, 15) is 4.79 Å². The zero-order valence-corrected chi connectivity index (χ0v) is 10.1. The zero-order chi connectivity index (χ0) is 12.8. The highest BCUT2D eigenvalue weighted by Gasteiger charge is 2.05. The Morgan fingerprint density at radius 1 is 1.33 bits per heavy atom. The number of nitrogens with zero attached hydrogens (tertiary/aromatic N) is 1. The standard InChI is InChI=1S/C13H14N2O3/c1-17-11-5-2-10(3-6-11)4-7-13(16)14-12-8-9-18-15-12/h2-3,5-6,8-9H,4,7H2,1H3,(H,14,15,16). The summed E-state index contributed by atoms with van der Waals surface area (Å²) in [5, 5.41) is 6.26. The summed E-state index contributed by atoms with van der Waals surface area (Å²) in [4.78, 5) is 11.6. The van der Waals surface area contributed by atoms with Crippen molar-refractivity contribution < 1.29 is 14.1 Å². The lowest BCUT2D eigenvalue weighted by atomic mass is 10.1. The van der Waals surface area contributed by atoms with E-state index in [4.69, 9.17) is 4.74 Å². The molecule has 5 nitrogen and oxygen atoms in total. The number of amides is 1. The monoisotopic (exact) mass is 246 g/mol. The maximum absolute atomic E-state index is 11.6. The molecule has 1 aromatic carbocycles. The highest BCUT2D eigenvalue weighted by molar-refractivity contribution is 5.89. The number of benzene rings is 1. The molecule has 0 bridgehead atoms. The van der Waals surface area contributed by atoms with E-state index in [0.717, 1.165) is 11.3 Å². The predicted octanol–water partition coefficient (Wildman–Crippen LogP) is 2.25. The molecular formula is C13H14N2O3. The molecule has 0 spiro atoms. The molecular weight excluding hydrogens is 232 g/mol. The summed E-state index contributed by atoms with van der Waals surface area (Å²) in [7, 11) is 1.63. The highest BCUT2D eigenvalue weighted by Crippen LogP contribution is 2.13. The number of aromatic nitrogens is 1. The van der Waals surface area contributed by atoms with E-state index in [-0.39, 0.29) is 5.91 Å². The van der Waals surface area contributed by atoms with Gasteiger partial charge >= 0.3 is 0 Å². The second-order valence-corrected chi connectivity index (χ2v) is 3.78. The van der Waals surface area contributed by atoms with Gasteiger partial charge in [0.25, 0.3) is 0 Å². The Kier molecular flexibility index (Phi) is 3.96. The van der Waals surface area contributed by atoms with Crippen molar-refractivity contribution in [1.29, 1.82) is 0 Å². The number of rotatable bonds is 5. The van der Waals surface area contributed by atoms with Crippen molar-refractivity contribution in [2.24, 2.45) is 0 Å². The van der Waals surface area contributed by atoms with E-state index in [2.05, 4.69) is 15.0 Å². The summed E-state index contributed by atoms with van der Waals surface area (Å²) in [6.07, 6.45) is 2.49. The van der Waals surface area contributed by atoms with Crippen molar-refractivity contribution in [2.75, 3.05) is 12.4 Å². The molecule has 0 aliphatic heterocycles. The van der Waals surface area contributed by atoms with Crippen LogP contribution in [0, 0.1) is 0 Å². The summed E-state index contributed by atoms with van der Waals surface area (Å²) in [5.74, 6) is 1.17. The minimum atomic E-state index is -0.0836. The first-order valence-corrected chi connectivity index (χ1v) is 5.61. The molecule has 0 saturated carbocycles. The average Bonchev–Trinajstić information content (AvgIpc) is 2.90. The van der Waals surface area contributed by atoms with Gasteiger partial charge in [0.2, 0.25) is 5.91 Å². The zero-order valence-electron chi connectivity index (χ0n) is 10.1. The van der Waals surface area contributed by atoms with Gasteiger partial charge in [-0.2, -0.15) is 0 Å². The van der Waals surface area contributed by atoms with Crippen LogP contribution < -0.4 is 10.1 Å². The van der Waals surface area contributed by atoms with Crippen molar-refractivity contribution in [2.45, 2.75) is 12.8 Å². The average molecular weight is 246 g/mol. The molecule has 0 fully saturated rings. The van der Waals surface area contributed by atoms with Crippen LogP contribution in [-0.2, 0) is 11.2 Å². The first kappa shape index (κ1) is 12.2. The second kappa shape index (κ2) is 5.86. The topological polar surface area (TPSA) is 64.4 Å². The molecule has 0 atom stereocenters. The number of carbonyl (C=O) groups is 1. The Morgan fingerprint density at radius 2 is 2.11 bits per heavy atom. The molecule has 94 valence electrons. The Balaban J connectivity index is 1.81. The molecule has 1 N–H and O–H groups in total. The van der Waals surface area contributed by atoms with E-state index in [1.165, 1.54) is 6.26 Å². The number of nitrogens with one attached hydrogen (secondary N) is 1. The van der Waals surface area contributed by atoms with Gasteiger partial charge < -0.3 is 14.6 Å². The number of anilines is 1. The van der Waals surface area contributed by atoms with Crippen LogP contribution in [0.2, 0.25) is 0 Å². The van der Waals surface area contributed by atoms with Gasteiger partial charge in [-0.15, -0.1) is 0 Å². The Bertz CT molecular complexity index is 491. The molecule has 2 aromatic rings. The number of aryl methyl sites for hydroxylation is 1. The Hall–Kier alpha value is -2.30. The third-order valence-electron chi connectivity index (χ3n) is 2.51. The number of carbonyl (C=O) groups excluding carboxylic acids is 1. The first-order valence-electron chi connectivity index (χ1n) is 5.61. The van der Waals surface area contributed by atoms with Crippen LogP contribution in [0.25, 0.3) is 0 Å². The van der Waals surface area contributed by atoms with Gasteiger partial charge in [0.1, 0.15) is 12.0 Å². The van der Waals surface area contributed by atoms with Crippen LogP contribution in [0.5, 0.6) is 5.75 Å². The van der Waals surface area contributed by atoms with Gasteiger partial charge in [-0.1, -0.05) is 17.3 Å². The fourth-order valence-corrected chi connectivity index (χ4v) is 1.53. The smallest absolute Gasteiger partial charge is 0.225 e. The molecule has 5 heteroatoms. The first-order chi connectivity index (χ1) is 8.78. The maximum Gasteiger partial charge on any atom is 0.225 e. The molecule has 0 unspecified atom stereocenters. The van der Waals surface area contributed by atoms with E-state index in [1.807, 2.05) is 24.3 Å². The number of hydrogen-bond acceptors (Lipinski definition) is 4. The van der Waals surface area contributed by atoms with Crippen LogP contribution in [0.4, 0.5) is 5.82 Å². The maximum atomic E-state index is 11.6. The van der Waals surface area contributed by atoms with Crippen LogP contribution in [0.3, 0.4) is 0 Å². The third-order valence-corrected chi connectivity index (χ3v) is 2.51. The number of hydrogen-bond donors (Lipinski definition) is 1. The van der Waals surface area contributed by atoms with Crippen LogP contribution in [0.1, 0.15) is 12.0 Å². The normalized spacial score (nSPS) is 10.1. The molecule has 0 saturated heterocycles. The molecule has 1 heterocycles. The van der Waals surface area contributed by atoms with Gasteiger partial charge in [-0.05, 0) is 24.1 Å². The molecule has 0 aliphatic rings. The quantitative estimate of drug-likeness (QED) is 0.878. The summed E-state index contributed by atoms with van der Waals surface area (Å²) in [5.41, 5.74) is 1.09. The lowest BCUT2D eigenvalue weighted by molar-refractivity contribution is -0.116. The number of ether oxygens (including phenoxy) is 1. The summed E-state index contributed by atoms with van der Waals surface area (Å²) in [6.45, 7) is 0. The summed E-state index contributed by atoms with van der Waals surface area (Å²) >= 11 is 0. The largest absolute Gasteiger partial charge is 0.497 e. The lowest BCUT2D eigenvalue weighted by Crippen LogP contribution is -2.12. The van der Waals surface area contributed by atoms with E-state index in [1.54, 1.807) is 13.2 Å². The van der Waals surface area contributed by atoms with Crippen molar-refractivity contribution >= 4 is 11.7 Å². The van der Waals surface area contributed by atoms with E-state index >= 15 is 0 Å². The van der Waals surface area contributed by atoms with Gasteiger partial charge in [-0.3, -0.25) is 4.79 Å². The molecule has 1 amide bonds. The van der Waals surface area contributed by atoms with Crippen LogP contribution >= 0.6 is 0 Å². The fraction of sp³-hybridized carbons (Fsp3) is 0.231. The Morgan fingerprint density at radius 3 is 2.72 bits per heavy atom. The number of methoxy groups -OCH3 is 1. The summed E-state index contributed by atoms with van der Waals surface area (Å²) < 4.78 is 9.69. The van der Waals surface area contributed by atoms with E-state index < -0.39 is 0 Å². The molecule has 1 aromatic heterocycles. The summed E-state index contributed by atoms with van der Waals surface area (Å²) in [6, 6.07) is 9.26. The van der Waals surface area contributed by atoms with Gasteiger partial charge in [0, 0.05) is 12.5 Å². The van der Waals surface area contributed by atoms with Crippen LogP contribution in [0.15, 0.2) is 41.1 Å². The van der Waals surface area contributed by atoms with Crippen molar-refractivity contribution in [3.05, 3.63) is 42.2 Å². The van der Waals surface area contributed by atoms with E-state index in [0.29, 0.717) is 18.7 Å². The van der Waals surface area contributed by atoms with Gasteiger partial charge in [-0.25, -0.2) is 0 Å². The molecule has 18 heavy (non-hydrogen) atoms. The van der Waals surface area contributed by atoms with Crippen molar-refractivity contribution in [3.8, 4) is 5.75 Å². The molecule has 0 radical (unpaired) electrons. The van der Waals surface area contributed by atoms with Gasteiger partial charge in [0.15, 0.2) is 5.82 Å². The lowest BCUT2D eigenvalue weighted by Gasteiger charge is -2.03.